The van der Waals surface area contributed by atoms with Crippen molar-refractivity contribution < 1.29 is 13.9 Å². The summed E-state index contributed by atoms with van der Waals surface area (Å²) in [5.74, 6) is 1.90. The molecule has 0 radical (unpaired) electrons. The maximum absolute atomic E-state index is 11.1. The summed E-state index contributed by atoms with van der Waals surface area (Å²) in [6.07, 6.45) is 4.21. The lowest BCUT2D eigenvalue weighted by atomic mass is 9.97. The summed E-state index contributed by atoms with van der Waals surface area (Å²) in [6, 6.07) is 15.7. The summed E-state index contributed by atoms with van der Waals surface area (Å²) in [5, 5.41) is 15.5. The number of hydrogen-bond acceptors (Lipinski definition) is 7. The molecule has 0 spiro atoms. The molecule has 0 aliphatic carbocycles. The van der Waals surface area contributed by atoms with Crippen molar-refractivity contribution in [3.63, 3.8) is 0 Å². The van der Waals surface area contributed by atoms with Crippen LogP contribution in [0.1, 0.15) is 27.8 Å². The van der Waals surface area contributed by atoms with E-state index in [-0.39, 0.29) is 11.9 Å². The van der Waals surface area contributed by atoms with Crippen LogP contribution < -0.4 is 0 Å². The highest BCUT2D eigenvalue weighted by molar-refractivity contribution is 7.17. The lowest BCUT2D eigenvalue weighted by Gasteiger charge is -2.34. The molecular weight excluding hydrogens is 400 g/mol. The molecule has 8 heteroatoms. The summed E-state index contributed by atoms with van der Waals surface area (Å²) in [7, 11) is 0. The topological polar surface area (TPSA) is 79.9 Å². The average Bonchev–Trinajstić information content (AvgIpc) is 3.56. The van der Waals surface area contributed by atoms with Gasteiger partial charge >= 0.3 is 0 Å². The maximum Gasteiger partial charge on any atom is 0.230 e. The van der Waals surface area contributed by atoms with Gasteiger partial charge in [-0.05, 0) is 41.8 Å². The predicted molar refractivity (Wildman–Crippen MR) is 111 cm³/mol. The largest absolute Gasteiger partial charge is 0.492 e. The molecule has 4 aromatic heterocycles. The van der Waals surface area contributed by atoms with Crippen molar-refractivity contribution in [1.82, 2.24) is 19.5 Å². The Kier molecular flexibility index (Phi) is 4.00. The highest BCUT2D eigenvalue weighted by atomic mass is 32.1. The second-order valence-electron chi connectivity index (χ2n) is 7.30. The van der Waals surface area contributed by atoms with Gasteiger partial charge in [0.25, 0.3) is 0 Å². The molecule has 6 rings (SSSR count). The monoisotopic (exact) mass is 418 g/mol. The van der Waals surface area contributed by atoms with Gasteiger partial charge in [0.2, 0.25) is 16.7 Å². The van der Waals surface area contributed by atoms with Crippen LogP contribution in [0.25, 0.3) is 16.5 Å². The molecular formula is C22H18N4O3S. The number of nitrogens with zero attached hydrogens (tertiary/aromatic N) is 4. The molecule has 7 nitrogen and oxygen atoms in total. The third-order valence-corrected chi connectivity index (χ3v) is 6.60. The Labute approximate surface area is 175 Å². The van der Waals surface area contributed by atoms with Crippen molar-refractivity contribution in [1.29, 1.82) is 0 Å². The molecule has 150 valence electrons. The van der Waals surface area contributed by atoms with Crippen LogP contribution >= 0.6 is 11.3 Å². The summed E-state index contributed by atoms with van der Waals surface area (Å²) >= 11 is 1.42. The number of aromatic hydroxyl groups is 1. The van der Waals surface area contributed by atoms with Crippen molar-refractivity contribution in [3.8, 4) is 17.5 Å². The Morgan fingerprint density at radius 3 is 2.60 bits per heavy atom. The highest BCUT2D eigenvalue weighted by Crippen LogP contribution is 2.42. The first-order valence-electron chi connectivity index (χ1n) is 9.74. The zero-order chi connectivity index (χ0) is 20.1. The fourth-order valence-electron chi connectivity index (χ4n) is 4.10. The molecule has 1 N–H and O–H groups in total. The van der Waals surface area contributed by atoms with Crippen LogP contribution in [0.4, 0.5) is 0 Å². The van der Waals surface area contributed by atoms with Crippen molar-refractivity contribution >= 4 is 16.3 Å². The van der Waals surface area contributed by atoms with E-state index in [9.17, 15) is 5.11 Å². The van der Waals surface area contributed by atoms with E-state index in [0.717, 1.165) is 30.1 Å². The lowest BCUT2D eigenvalue weighted by molar-refractivity contribution is 0.185. The van der Waals surface area contributed by atoms with Gasteiger partial charge in [-0.25, -0.2) is 0 Å². The van der Waals surface area contributed by atoms with Crippen LogP contribution in [-0.4, -0.2) is 31.1 Å². The molecule has 0 unspecified atom stereocenters. The first-order valence-corrected chi connectivity index (χ1v) is 10.6. The Balaban J connectivity index is 1.43. The minimum Gasteiger partial charge on any atom is -0.492 e. The van der Waals surface area contributed by atoms with Crippen LogP contribution in [0.5, 0.6) is 5.88 Å². The molecule has 0 fully saturated rings. The standard InChI is InChI=1S/C22H18N4O3S/c27-21-19(30-22-23-20(24-26(21)22)17-8-4-12-29-17)18(16-7-3-11-28-16)25-10-9-14-5-1-2-6-15(14)13-25/h1-8,11-12,18,27H,9-10,13H2/t18-/m1/s1. The van der Waals surface area contributed by atoms with E-state index < -0.39 is 0 Å². The van der Waals surface area contributed by atoms with Gasteiger partial charge in [0, 0.05) is 13.1 Å². The van der Waals surface area contributed by atoms with Gasteiger partial charge in [-0.3, -0.25) is 4.90 Å². The summed E-state index contributed by atoms with van der Waals surface area (Å²) in [4.78, 5) is 8.26. The normalized spacial score (nSPS) is 15.5. The van der Waals surface area contributed by atoms with Crippen LogP contribution in [-0.2, 0) is 13.0 Å². The number of hydrogen-bond donors (Lipinski definition) is 1. The molecule has 5 aromatic rings. The minimum absolute atomic E-state index is 0.0839. The Bertz CT molecular complexity index is 1300. The zero-order valence-corrected chi connectivity index (χ0v) is 16.7. The molecule has 0 saturated heterocycles. The molecule has 0 saturated carbocycles. The molecule has 1 atom stereocenters. The van der Waals surface area contributed by atoms with Gasteiger partial charge in [-0.2, -0.15) is 9.50 Å². The van der Waals surface area contributed by atoms with E-state index in [1.807, 2.05) is 12.1 Å². The van der Waals surface area contributed by atoms with Gasteiger partial charge < -0.3 is 13.9 Å². The summed E-state index contributed by atoms with van der Waals surface area (Å²) < 4.78 is 12.7. The molecule has 5 heterocycles. The van der Waals surface area contributed by atoms with E-state index >= 15 is 0 Å². The second kappa shape index (κ2) is 6.86. The van der Waals surface area contributed by atoms with Gasteiger partial charge in [-0.15, -0.1) is 5.10 Å². The fraction of sp³-hybridized carbons (Fsp3) is 0.182. The lowest BCUT2D eigenvalue weighted by Crippen LogP contribution is -2.34. The molecule has 1 aromatic carbocycles. The quantitative estimate of drug-likeness (QED) is 0.463. The van der Waals surface area contributed by atoms with Crippen molar-refractivity contribution in [2.24, 2.45) is 0 Å². The van der Waals surface area contributed by atoms with Crippen LogP contribution in [0.2, 0.25) is 0 Å². The average molecular weight is 418 g/mol. The number of rotatable bonds is 4. The van der Waals surface area contributed by atoms with Crippen LogP contribution in [0.3, 0.4) is 0 Å². The van der Waals surface area contributed by atoms with Crippen LogP contribution in [0, 0.1) is 0 Å². The SMILES string of the molecule is Oc1c([C@@H](c2ccco2)N2CCc3ccccc3C2)sc2nc(-c3ccco3)nn12. The van der Waals surface area contributed by atoms with Crippen molar-refractivity contribution in [2.75, 3.05) is 6.54 Å². The minimum atomic E-state index is -0.214. The van der Waals surface area contributed by atoms with Crippen LogP contribution in [0.15, 0.2) is 69.9 Å². The predicted octanol–water partition coefficient (Wildman–Crippen LogP) is 4.50. The van der Waals surface area contributed by atoms with Crippen molar-refractivity contribution in [3.05, 3.63) is 82.8 Å². The second-order valence-corrected chi connectivity index (χ2v) is 8.31. The van der Waals surface area contributed by atoms with E-state index in [4.69, 9.17) is 8.83 Å². The van der Waals surface area contributed by atoms with Gasteiger partial charge in [0.1, 0.15) is 11.8 Å². The Morgan fingerprint density at radius 1 is 1.00 bits per heavy atom. The first kappa shape index (κ1) is 17.5. The highest BCUT2D eigenvalue weighted by Gasteiger charge is 2.33. The third kappa shape index (κ3) is 2.76. The Morgan fingerprint density at radius 2 is 1.83 bits per heavy atom. The van der Waals surface area contributed by atoms with Gasteiger partial charge in [0.15, 0.2) is 5.76 Å². The van der Waals surface area contributed by atoms with E-state index in [1.165, 1.54) is 27.0 Å². The molecule has 1 aliphatic rings. The van der Waals surface area contributed by atoms with Crippen molar-refractivity contribution in [2.45, 2.75) is 19.0 Å². The molecule has 0 bridgehead atoms. The number of aromatic nitrogens is 3. The van der Waals surface area contributed by atoms with E-state index in [1.54, 1.807) is 24.7 Å². The zero-order valence-electron chi connectivity index (χ0n) is 15.9. The summed E-state index contributed by atoms with van der Waals surface area (Å²) in [5.41, 5.74) is 2.68. The van der Waals surface area contributed by atoms with Gasteiger partial charge in [-0.1, -0.05) is 35.6 Å². The van der Waals surface area contributed by atoms with E-state index in [0.29, 0.717) is 16.5 Å². The first-order chi connectivity index (χ1) is 14.8. The smallest absolute Gasteiger partial charge is 0.230 e. The van der Waals surface area contributed by atoms with Gasteiger partial charge in [0.05, 0.1) is 17.4 Å². The maximum atomic E-state index is 11.1. The van der Waals surface area contributed by atoms with E-state index in [2.05, 4.69) is 39.2 Å². The fourth-order valence-corrected chi connectivity index (χ4v) is 5.20. The third-order valence-electron chi connectivity index (χ3n) is 5.53. The molecule has 1 aliphatic heterocycles. The molecule has 30 heavy (non-hydrogen) atoms. The molecule has 0 amide bonds. The summed E-state index contributed by atoms with van der Waals surface area (Å²) in [6.45, 7) is 1.65. The Hall–Kier alpha value is -3.36. The number of thiazole rings is 1. The number of benzene rings is 1. The number of furan rings is 2. The number of fused-ring (bicyclic) bond motifs is 2.